The van der Waals surface area contributed by atoms with E-state index >= 15 is 0 Å². The molecular formula is C21H33N3O3. The monoisotopic (exact) mass is 375 g/mol. The number of fused-ring (bicyclic) bond motifs is 1. The van der Waals surface area contributed by atoms with Gasteiger partial charge in [-0.3, -0.25) is 0 Å². The molecule has 3 rings (SSSR count). The number of carbonyl (C=O) groups is 1. The molecule has 6 nitrogen and oxygen atoms in total. The molecule has 1 unspecified atom stereocenters. The van der Waals surface area contributed by atoms with Gasteiger partial charge in [0.2, 0.25) is 0 Å². The Kier molecular flexibility index (Phi) is 5.56. The van der Waals surface area contributed by atoms with Gasteiger partial charge in [-0.1, -0.05) is 12.1 Å². The van der Waals surface area contributed by atoms with Crippen molar-refractivity contribution in [3.05, 3.63) is 24.3 Å². The maximum absolute atomic E-state index is 12.9. The van der Waals surface area contributed by atoms with Crippen LogP contribution in [0.15, 0.2) is 24.3 Å². The molecule has 1 atom stereocenters. The topological polar surface area (TPSA) is 62.8 Å². The van der Waals surface area contributed by atoms with E-state index in [0.29, 0.717) is 19.7 Å². The van der Waals surface area contributed by atoms with Crippen molar-refractivity contribution >= 4 is 6.03 Å². The van der Waals surface area contributed by atoms with Gasteiger partial charge in [-0.25, -0.2) is 4.79 Å². The summed E-state index contributed by atoms with van der Waals surface area (Å²) in [5, 5.41) is 6.89. The van der Waals surface area contributed by atoms with Crippen LogP contribution in [-0.4, -0.2) is 53.9 Å². The summed E-state index contributed by atoms with van der Waals surface area (Å²) in [5.41, 5.74) is 0.00153. The minimum absolute atomic E-state index is 0.000766. The summed E-state index contributed by atoms with van der Waals surface area (Å²) in [6.45, 7) is 12.3. The molecule has 0 radical (unpaired) electrons. The predicted octanol–water partition coefficient (Wildman–Crippen LogP) is 3.17. The van der Waals surface area contributed by atoms with Crippen molar-refractivity contribution in [2.24, 2.45) is 0 Å². The number of likely N-dealkylation sites (N-methyl/N-ethyl adjacent to an activating group) is 1. The lowest BCUT2D eigenvalue weighted by Gasteiger charge is -2.47. The number of para-hydroxylation sites is 2. The van der Waals surface area contributed by atoms with Crippen molar-refractivity contribution in [3.63, 3.8) is 0 Å². The molecule has 1 fully saturated rings. The van der Waals surface area contributed by atoms with Crippen molar-refractivity contribution < 1.29 is 14.3 Å². The molecule has 27 heavy (non-hydrogen) atoms. The number of amides is 2. The van der Waals surface area contributed by atoms with Gasteiger partial charge in [0.25, 0.3) is 0 Å². The second-order valence-corrected chi connectivity index (χ2v) is 8.98. The van der Waals surface area contributed by atoms with E-state index in [1.807, 2.05) is 36.1 Å². The summed E-state index contributed by atoms with van der Waals surface area (Å²) < 4.78 is 11.8. The van der Waals surface area contributed by atoms with Crippen LogP contribution in [0.3, 0.4) is 0 Å². The molecule has 2 N–H and O–H groups in total. The summed E-state index contributed by atoms with van der Waals surface area (Å²) in [6, 6.07) is 7.78. The van der Waals surface area contributed by atoms with Crippen LogP contribution in [0.4, 0.5) is 4.79 Å². The first-order chi connectivity index (χ1) is 12.7. The number of urea groups is 1. The van der Waals surface area contributed by atoms with E-state index in [2.05, 4.69) is 38.3 Å². The molecule has 0 saturated carbocycles. The average Bonchev–Trinajstić information content (AvgIpc) is 2.56. The fraction of sp³-hybridized carbons (Fsp3) is 0.667. The van der Waals surface area contributed by atoms with Crippen LogP contribution >= 0.6 is 0 Å². The van der Waals surface area contributed by atoms with Crippen LogP contribution in [0.5, 0.6) is 11.5 Å². The highest BCUT2D eigenvalue weighted by Crippen LogP contribution is 2.31. The fourth-order valence-corrected chi connectivity index (χ4v) is 4.44. The molecule has 0 bridgehead atoms. The number of ether oxygens (including phenoxy) is 2. The van der Waals surface area contributed by atoms with Crippen molar-refractivity contribution in [1.82, 2.24) is 15.5 Å². The molecule has 150 valence electrons. The van der Waals surface area contributed by atoms with Gasteiger partial charge in [-0.15, -0.1) is 0 Å². The van der Waals surface area contributed by atoms with Crippen molar-refractivity contribution in [1.29, 1.82) is 0 Å². The number of nitrogens with zero attached hydrogens (tertiary/aromatic N) is 1. The molecule has 2 aliphatic heterocycles. The number of piperidine rings is 1. The van der Waals surface area contributed by atoms with Gasteiger partial charge >= 0.3 is 6.03 Å². The minimum Gasteiger partial charge on any atom is -0.486 e. The standard InChI is InChI=1S/C21H33N3O3/c1-6-24(13-16-14-26-17-9-7-8-10-18(17)27-16)19(25)22-15-11-20(2,3)23-21(4,5)12-15/h7-10,15-16,23H,6,11-14H2,1-5H3,(H,22,25). The van der Waals surface area contributed by atoms with E-state index in [1.165, 1.54) is 0 Å². The normalized spacial score (nSPS) is 23.5. The molecule has 0 spiro atoms. The summed E-state index contributed by atoms with van der Waals surface area (Å²) in [5.74, 6) is 1.51. The quantitative estimate of drug-likeness (QED) is 0.849. The fourth-order valence-electron chi connectivity index (χ4n) is 4.44. The Morgan fingerprint density at radius 2 is 1.81 bits per heavy atom. The third kappa shape index (κ3) is 5.06. The minimum atomic E-state index is -0.161. The van der Waals surface area contributed by atoms with E-state index in [1.54, 1.807) is 0 Å². The maximum atomic E-state index is 12.9. The Labute approximate surface area is 162 Å². The third-order valence-electron chi connectivity index (χ3n) is 5.18. The lowest BCUT2D eigenvalue weighted by atomic mass is 9.80. The predicted molar refractivity (Wildman–Crippen MR) is 106 cm³/mol. The van der Waals surface area contributed by atoms with E-state index in [4.69, 9.17) is 9.47 Å². The summed E-state index contributed by atoms with van der Waals surface area (Å²) in [4.78, 5) is 14.7. The van der Waals surface area contributed by atoms with Gasteiger partial charge in [-0.2, -0.15) is 0 Å². The van der Waals surface area contributed by atoms with Crippen LogP contribution in [-0.2, 0) is 0 Å². The first kappa shape index (κ1) is 19.8. The molecule has 0 aliphatic carbocycles. The van der Waals surface area contributed by atoms with E-state index in [9.17, 15) is 4.79 Å². The van der Waals surface area contributed by atoms with Gasteiger partial charge in [0.05, 0.1) is 6.54 Å². The van der Waals surface area contributed by atoms with E-state index < -0.39 is 0 Å². The summed E-state index contributed by atoms with van der Waals surface area (Å²) in [6.07, 6.45) is 1.67. The van der Waals surface area contributed by atoms with Gasteiger partial charge in [0.15, 0.2) is 17.6 Å². The van der Waals surface area contributed by atoms with Gasteiger partial charge < -0.3 is 25.0 Å². The number of rotatable bonds is 4. The van der Waals surface area contributed by atoms with Crippen LogP contribution in [0.25, 0.3) is 0 Å². The zero-order valence-electron chi connectivity index (χ0n) is 17.2. The highest BCUT2D eigenvalue weighted by atomic mass is 16.6. The zero-order chi connectivity index (χ0) is 19.7. The Bertz CT molecular complexity index is 658. The van der Waals surface area contributed by atoms with E-state index in [0.717, 1.165) is 24.3 Å². The summed E-state index contributed by atoms with van der Waals surface area (Å²) >= 11 is 0. The number of hydrogen-bond acceptors (Lipinski definition) is 4. The molecular weight excluding hydrogens is 342 g/mol. The first-order valence-electron chi connectivity index (χ1n) is 9.91. The molecule has 6 heteroatoms. The number of nitrogens with one attached hydrogen (secondary N) is 2. The summed E-state index contributed by atoms with van der Waals surface area (Å²) in [7, 11) is 0. The molecule has 2 aliphatic rings. The van der Waals surface area contributed by atoms with Crippen molar-refractivity contribution in [2.75, 3.05) is 19.7 Å². The van der Waals surface area contributed by atoms with Crippen molar-refractivity contribution in [3.8, 4) is 11.5 Å². The lowest BCUT2D eigenvalue weighted by molar-refractivity contribution is 0.0658. The Balaban J connectivity index is 1.58. The van der Waals surface area contributed by atoms with Gasteiger partial charge in [-0.05, 0) is 59.6 Å². The first-order valence-corrected chi connectivity index (χ1v) is 9.91. The van der Waals surface area contributed by atoms with Gasteiger partial charge in [0, 0.05) is 23.7 Å². The second-order valence-electron chi connectivity index (χ2n) is 8.98. The Morgan fingerprint density at radius 1 is 1.19 bits per heavy atom. The van der Waals surface area contributed by atoms with Crippen LogP contribution in [0.2, 0.25) is 0 Å². The highest BCUT2D eigenvalue weighted by molar-refractivity contribution is 5.74. The molecule has 2 amide bonds. The Morgan fingerprint density at radius 3 is 2.44 bits per heavy atom. The lowest BCUT2D eigenvalue weighted by Crippen LogP contribution is -2.63. The highest BCUT2D eigenvalue weighted by Gasteiger charge is 2.38. The molecule has 1 aromatic carbocycles. The number of carbonyl (C=O) groups excluding carboxylic acids is 1. The molecule has 1 saturated heterocycles. The number of hydrogen-bond donors (Lipinski definition) is 2. The van der Waals surface area contributed by atoms with Crippen LogP contribution in [0.1, 0.15) is 47.5 Å². The molecule has 0 aromatic heterocycles. The largest absolute Gasteiger partial charge is 0.486 e. The molecule has 2 heterocycles. The van der Waals surface area contributed by atoms with Crippen LogP contribution in [0, 0.1) is 0 Å². The third-order valence-corrected chi connectivity index (χ3v) is 5.18. The SMILES string of the molecule is CCN(CC1COc2ccccc2O1)C(=O)NC1CC(C)(C)NC(C)(C)C1. The molecule has 1 aromatic rings. The Hall–Kier alpha value is -1.95. The zero-order valence-corrected chi connectivity index (χ0v) is 17.2. The average molecular weight is 376 g/mol. The van der Waals surface area contributed by atoms with E-state index in [-0.39, 0.29) is 29.3 Å². The maximum Gasteiger partial charge on any atom is 0.317 e. The number of benzene rings is 1. The van der Waals surface area contributed by atoms with Crippen molar-refractivity contribution in [2.45, 2.75) is 70.7 Å². The van der Waals surface area contributed by atoms with Gasteiger partial charge in [0.1, 0.15) is 6.61 Å². The second kappa shape index (κ2) is 7.58. The van der Waals surface area contributed by atoms with Crippen LogP contribution < -0.4 is 20.1 Å². The smallest absolute Gasteiger partial charge is 0.317 e.